The molecule has 39 heavy (non-hydrogen) atoms. The number of thioether (sulfide) groups is 1. The molecule has 196 valence electrons. The number of ketones is 1. The lowest BCUT2D eigenvalue weighted by molar-refractivity contribution is -0.117. The Bertz CT molecular complexity index is 1570. The van der Waals surface area contributed by atoms with Crippen molar-refractivity contribution in [1.82, 2.24) is 10.2 Å². The number of hydrogen-bond acceptors (Lipinski definition) is 8. The summed E-state index contributed by atoms with van der Waals surface area (Å²) < 4.78 is 19.2. The highest BCUT2D eigenvalue weighted by Gasteiger charge is 2.45. The van der Waals surface area contributed by atoms with E-state index in [1.54, 1.807) is 42.5 Å². The first-order chi connectivity index (χ1) is 18.9. The zero-order chi connectivity index (χ0) is 27.4. The first kappa shape index (κ1) is 26.3. The van der Waals surface area contributed by atoms with Gasteiger partial charge < -0.3 is 9.84 Å². The number of benzene rings is 3. The molecule has 1 aromatic heterocycles. The quantitative estimate of drug-likeness (QED) is 0.149. The molecule has 1 amide bonds. The van der Waals surface area contributed by atoms with E-state index >= 15 is 0 Å². The molecule has 5 rings (SSSR count). The number of aromatic nitrogens is 2. The number of carbonyl (C=O) groups is 2. The van der Waals surface area contributed by atoms with Crippen molar-refractivity contribution in [2.45, 2.75) is 16.1 Å². The summed E-state index contributed by atoms with van der Waals surface area (Å²) in [5.41, 5.74) is 2.22. The van der Waals surface area contributed by atoms with Crippen molar-refractivity contribution in [2.75, 3.05) is 12.0 Å². The van der Waals surface area contributed by atoms with Gasteiger partial charge in [0.2, 0.25) is 5.13 Å². The van der Waals surface area contributed by atoms with Crippen molar-refractivity contribution in [3.05, 3.63) is 119 Å². The van der Waals surface area contributed by atoms with Gasteiger partial charge in [-0.25, -0.2) is 4.39 Å². The Morgan fingerprint density at radius 3 is 2.62 bits per heavy atom. The first-order valence-corrected chi connectivity index (χ1v) is 13.6. The fourth-order valence-corrected chi connectivity index (χ4v) is 5.91. The van der Waals surface area contributed by atoms with Gasteiger partial charge in [0.15, 0.2) is 15.9 Å². The van der Waals surface area contributed by atoms with Crippen LogP contribution in [-0.2, 0) is 15.3 Å². The molecule has 0 spiro atoms. The SMILES string of the molecule is COc1cccc(C2C(C(=O)/C=C/c3ccccc3)=C(O)C(=O)N2c2nnc(SCc3ccc(F)cc3)s2)c1. The molecule has 10 heteroatoms. The smallest absolute Gasteiger partial charge is 0.296 e. The van der Waals surface area contributed by atoms with Gasteiger partial charge in [-0.05, 0) is 47.0 Å². The van der Waals surface area contributed by atoms with E-state index < -0.39 is 23.5 Å². The minimum Gasteiger partial charge on any atom is -0.503 e. The van der Waals surface area contributed by atoms with Crippen LogP contribution in [0.15, 0.2) is 101 Å². The van der Waals surface area contributed by atoms with Gasteiger partial charge in [0.1, 0.15) is 11.6 Å². The molecule has 0 bridgehead atoms. The topological polar surface area (TPSA) is 92.6 Å². The van der Waals surface area contributed by atoms with Gasteiger partial charge in [-0.2, -0.15) is 0 Å². The zero-order valence-electron chi connectivity index (χ0n) is 20.7. The molecule has 1 atom stereocenters. The third-order valence-electron chi connectivity index (χ3n) is 5.99. The second kappa shape index (κ2) is 11.6. The number of ether oxygens (including phenoxy) is 1. The molecule has 4 aromatic rings. The largest absolute Gasteiger partial charge is 0.503 e. The summed E-state index contributed by atoms with van der Waals surface area (Å²) in [5.74, 6) is -1.14. The maximum absolute atomic E-state index is 13.4. The number of carbonyl (C=O) groups excluding carboxylic acids is 2. The summed E-state index contributed by atoms with van der Waals surface area (Å²) in [6.45, 7) is 0. The van der Waals surface area contributed by atoms with Crippen molar-refractivity contribution in [3.8, 4) is 5.75 Å². The van der Waals surface area contributed by atoms with E-state index in [2.05, 4.69) is 10.2 Å². The predicted octanol–water partition coefficient (Wildman–Crippen LogP) is 6.16. The molecule has 1 aliphatic rings. The molecule has 1 unspecified atom stereocenters. The van der Waals surface area contributed by atoms with Gasteiger partial charge in [-0.1, -0.05) is 83.8 Å². The van der Waals surface area contributed by atoms with E-state index in [0.717, 1.165) is 22.5 Å². The van der Waals surface area contributed by atoms with Crippen LogP contribution in [0.5, 0.6) is 5.75 Å². The van der Waals surface area contributed by atoms with Crippen LogP contribution in [0, 0.1) is 5.82 Å². The minimum atomic E-state index is -0.941. The average molecular weight is 560 g/mol. The molecule has 0 saturated heterocycles. The maximum Gasteiger partial charge on any atom is 0.296 e. The van der Waals surface area contributed by atoms with Crippen molar-refractivity contribution in [1.29, 1.82) is 0 Å². The summed E-state index contributed by atoms with van der Waals surface area (Å²) in [5, 5.41) is 19.6. The highest BCUT2D eigenvalue weighted by molar-refractivity contribution is 8.00. The third kappa shape index (κ3) is 5.76. The number of allylic oxidation sites excluding steroid dienone is 1. The zero-order valence-corrected chi connectivity index (χ0v) is 22.3. The first-order valence-electron chi connectivity index (χ1n) is 11.8. The predicted molar refractivity (Wildman–Crippen MR) is 149 cm³/mol. The molecular weight excluding hydrogens is 537 g/mol. The monoisotopic (exact) mass is 559 g/mol. The Morgan fingerprint density at radius 1 is 1.10 bits per heavy atom. The molecule has 1 aliphatic heterocycles. The lowest BCUT2D eigenvalue weighted by Gasteiger charge is -2.24. The number of nitrogens with zero attached hydrogens (tertiary/aromatic N) is 3. The maximum atomic E-state index is 13.4. The van der Waals surface area contributed by atoms with Crippen molar-refractivity contribution in [3.63, 3.8) is 0 Å². The molecule has 0 saturated carbocycles. The Kier molecular flexibility index (Phi) is 7.85. The van der Waals surface area contributed by atoms with Crippen LogP contribution >= 0.6 is 23.1 Å². The third-order valence-corrected chi connectivity index (χ3v) is 8.11. The van der Waals surface area contributed by atoms with Crippen LogP contribution in [0.3, 0.4) is 0 Å². The van der Waals surface area contributed by atoms with Crippen LogP contribution in [-0.4, -0.2) is 34.1 Å². The second-order valence-electron chi connectivity index (χ2n) is 8.49. The van der Waals surface area contributed by atoms with E-state index in [1.165, 1.54) is 42.0 Å². The average Bonchev–Trinajstić information content (AvgIpc) is 3.54. The van der Waals surface area contributed by atoms with Crippen molar-refractivity contribution >= 4 is 46.0 Å². The number of methoxy groups -OCH3 is 1. The van der Waals surface area contributed by atoms with E-state index in [4.69, 9.17) is 4.74 Å². The van der Waals surface area contributed by atoms with E-state index in [0.29, 0.717) is 21.4 Å². The number of aliphatic hydroxyl groups excluding tert-OH is 1. The molecule has 0 aliphatic carbocycles. The van der Waals surface area contributed by atoms with E-state index in [1.807, 2.05) is 30.3 Å². The van der Waals surface area contributed by atoms with Crippen LogP contribution in [0.25, 0.3) is 6.08 Å². The fourth-order valence-electron chi connectivity index (χ4n) is 4.09. The standard InChI is InChI=1S/C29H22FN3O4S2/c1-37-22-9-5-8-20(16-22)25-24(23(34)15-12-18-6-3-2-4-7-18)26(35)27(36)33(25)28-31-32-29(39-28)38-17-19-10-13-21(30)14-11-19/h2-16,25,35H,17H2,1H3/b15-12+. The van der Waals surface area contributed by atoms with Crippen LogP contribution < -0.4 is 9.64 Å². The Morgan fingerprint density at radius 2 is 1.87 bits per heavy atom. The van der Waals surface area contributed by atoms with Crippen LogP contribution in [0.1, 0.15) is 22.7 Å². The fraction of sp³-hybridized carbons (Fsp3) is 0.103. The minimum absolute atomic E-state index is 0.0591. The summed E-state index contributed by atoms with van der Waals surface area (Å²) in [6, 6.07) is 21.4. The van der Waals surface area contributed by atoms with Crippen LogP contribution in [0.4, 0.5) is 9.52 Å². The number of amides is 1. The van der Waals surface area contributed by atoms with Gasteiger partial charge in [0.05, 0.1) is 18.7 Å². The highest BCUT2D eigenvalue weighted by atomic mass is 32.2. The van der Waals surface area contributed by atoms with Crippen LogP contribution in [0.2, 0.25) is 0 Å². The van der Waals surface area contributed by atoms with Gasteiger partial charge in [-0.3, -0.25) is 14.5 Å². The van der Waals surface area contributed by atoms with Gasteiger partial charge >= 0.3 is 0 Å². The molecule has 2 heterocycles. The number of anilines is 1. The van der Waals surface area contributed by atoms with Crippen molar-refractivity contribution < 1.29 is 23.8 Å². The normalized spacial score (nSPS) is 15.4. The summed E-state index contributed by atoms with van der Waals surface area (Å²) >= 11 is 2.55. The van der Waals surface area contributed by atoms with Gasteiger partial charge in [-0.15, -0.1) is 10.2 Å². The van der Waals surface area contributed by atoms with Crippen molar-refractivity contribution in [2.24, 2.45) is 0 Å². The van der Waals surface area contributed by atoms with Gasteiger partial charge in [0, 0.05) is 5.75 Å². The number of aliphatic hydroxyl groups is 1. The summed E-state index contributed by atoms with van der Waals surface area (Å²) in [7, 11) is 1.52. The Labute approximate surface area is 232 Å². The van der Waals surface area contributed by atoms with Gasteiger partial charge in [0.25, 0.3) is 5.91 Å². The lowest BCUT2D eigenvalue weighted by Crippen LogP contribution is -2.30. The number of rotatable bonds is 9. The molecule has 3 aromatic carbocycles. The molecule has 0 fully saturated rings. The summed E-state index contributed by atoms with van der Waals surface area (Å²) in [6.07, 6.45) is 2.97. The lowest BCUT2D eigenvalue weighted by atomic mass is 9.95. The Balaban J connectivity index is 1.47. The van der Waals surface area contributed by atoms with E-state index in [9.17, 15) is 19.1 Å². The van der Waals surface area contributed by atoms with E-state index in [-0.39, 0.29) is 16.5 Å². The molecule has 1 N–H and O–H groups in total. The molecular formula is C29H22FN3O4S2. The number of halogens is 1. The highest BCUT2D eigenvalue weighted by Crippen LogP contribution is 2.43. The second-order valence-corrected chi connectivity index (χ2v) is 10.7. The summed E-state index contributed by atoms with van der Waals surface area (Å²) in [4.78, 5) is 28.0. The molecule has 0 radical (unpaired) electrons. The molecule has 7 nitrogen and oxygen atoms in total. The number of hydrogen-bond donors (Lipinski definition) is 1. The Hall–Kier alpha value is -4.28.